The molecule has 0 atom stereocenters. The van der Waals surface area contributed by atoms with E-state index in [1.807, 2.05) is 43.3 Å². The Morgan fingerprint density at radius 1 is 1.04 bits per heavy atom. The Labute approximate surface area is 166 Å². The number of hydrogen-bond acceptors (Lipinski definition) is 3. The Morgan fingerprint density at radius 2 is 1.68 bits per heavy atom. The summed E-state index contributed by atoms with van der Waals surface area (Å²) in [5, 5.41) is 11.0. The number of aliphatic hydroxyl groups is 1. The lowest BCUT2D eigenvalue weighted by Crippen LogP contribution is -2.42. The van der Waals surface area contributed by atoms with Crippen LogP contribution < -0.4 is 4.74 Å². The minimum atomic E-state index is -0.725. The third-order valence-electron chi connectivity index (χ3n) is 4.78. The van der Waals surface area contributed by atoms with Crippen LogP contribution in [0.4, 0.5) is 0 Å². The molecule has 2 aromatic rings. The van der Waals surface area contributed by atoms with Crippen LogP contribution in [0.3, 0.4) is 0 Å². The van der Waals surface area contributed by atoms with Crippen molar-refractivity contribution >= 4 is 31.9 Å². The molecular weight excluding hydrogens is 446 g/mol. The molecule has 1 aliphatic rings. The third kappa shape index (κ3) is 4.64. The molecule has 0 aromatic heterocycles. The summed E-state index contributed by atoms with van der Waals surface area (Å²) in [5.74, 6) is 0.944. The number of halogens is 2. The van der Waals surface area contributed by atoms with Gasteiger partial charge in [-0.25, -0.2) is 0 Å². The van der Waals surface area contributed by atoms with Crippen LogP contribution in [0.2, 0.25) is 0 Å². The monoisotopic (exact) mass is 467 g/mol. The number of nitrogens with zero attached hydrogens (tertiary/aromatic N) is 1. The zero-order valence-corrected chi connectivity index (χ0v) is 17.5. The van der Waals surface area contributed by atoms with Crippen molar-refractivity contribution in [3.63, 3.8) is 0 Å². The fraction of sp³-hybridized carbons (Fsp3) is 0.400. The minimum absolute atomic E-state index is 0.665. The molecule has 0 radical (unpaired) electrons. The maximum absolute atomic E-state index is 11.0. The smallest absolute Gasteiger partial charge is 0.123 e. The van der Waals surface area contributed by atoms with Crippen molar-refractivity contribution in [2.24, 2.45) is 0 Å². The van der Waals surface area contributed by atoms with Crippen LogP contribution in [0.1, 0.15) is 30.9 Å². The average Bonchev–Trinajstić information content (AvgIpc) is 2.60. The van der Waals surface area contributed by atoms with E-state index >= 15 is 0 Å². The molecule has 134 valence electrons. The summed E-state index contributed by atoms with van der Waals surface area (Å²) >= 11 is 7.00. The van der Waals surface area contributed by atoms with E-state index in [2.05, 4.69) is 42.8 Å². The topological polar surface area (TPSA) is 32.7 Å². The first kappa shape index (κ1) is 18.9. The zero-order chi connectivity index (χ0) is 17.9. The van der Waals surface area contributed by atoms with Crippen LogP contribution in [0.5, 0.6) is 5.75 Å². The average molecular weight is 469 g/mol. The molecule has 1 saturated heterocycles. The maximum Gasteiger partial charge on any atom is 0.123 e. The van der Waals surface area contributed by atoms with Gasteiger partial charge in [-0.05, 0) is 55.7 Å². The van der Waals surface area contributed by atoms with Crippen LogP contribution in [0.25, 0.3) is 0 Å². The molecule has 2 aromatic carbocycles. The molecule has 5 heteroatoms. The van der Waals surface area contributed by atoms with Crippen LogP contribution in [-0.4, -0.2) is 29.7 Å². The fourth-order valence-corrected chi connectivity index (χ4v) is 4.01. The van der Waals surface area contributed by atoms with Crippen molar-refractivity contribution in [2.75, 3.05) is 19.7 Å². The molecule has 0 saturated carbocycles. The van der Waals surface area contributed by atoms with Gasteiger partial charge in [-0.15, -0.1) is 0 Å². The van der Waals surface area contributed by atoms with Gasteiger partial charge in [0, 0.05) is 34.1 Å². The quantitative estimate of drug-likeness (QED) is 0.662. The molecule has 1 heterocycles. The van der Waals surface area contributed by atoms with E-state index in [0.29, 0.717) is 6.61 Å². The number of hydrogen-bond donors (Lipinski definition) is 1. The number of piperidine rings is 1. The molecule has 1 fully saturated rings. The summed E-state index contributed by atoms with van der Waals surface area (Å²) < 4.78 is 7.86. The Morgan fingerprint density at radius 3 is 2.32 bits per heavy atom. The highest BCUT2D eigenvalue weighted by Crippen LogP contribution is 2.34. The van der Waals surface area contributed by atoms with E-state index in [1.54, 1.807) is 0 Å². The molecule has 0 aliphatic carbocycles. The van der Waals surface area contributed by atoms with Crippen molar-refractivity contribution in [1.29, 1.82) is 0 Å². The SMILES string of the molecule is CCOc1ccc(Br)cc1CN1CCC(O)(c2ccc(Br)cc2)CC1. The number of likely N-dealkylation sites (tertiary alicyclic amines) is 1. The Hall–Kier alpha value is -0.880. The van der Waals surface area contributed by atoms with Gasteiger partial charge in [-0.1, -0.05) is 44.0 Å². The summed E-state index contributed by atoms with van der Waals surface area (Å²) in [4.78, 5) is 2.39. The Kier molecular flexibility index (Phi) is 6.21. The van der Waals surface area contributed by atoms with Crippen molar-refractivity contribution in [1.82, 2.24) is 4.90 Å². The van der Waals surface area contributed by atoms with Gasteiger partial charge in [0.05, 0.1) is 12.2 Å². The first-order valence-electron chi connectivity index (χ1n) is 8.62. The molecule has 0 unspecified atom stereocenters. The molecule has 1 aliphatic heterocycles. The van der Waals surface area contributed by atoms with E-state index in [-0.39, 0.29) is 0 Å². The second kappa shape index (κ2) is 8.21. The lowest BCUT2D eigenvalue weighted by atomic mass is 9.84. The van der Waals surface area contributed by atoms with Crippen LogP contribution in [0.15, 0.2) is 51.4 Å². The molecule has 0 bridgehead atoms. The molecule has 1 N–H and O–H groups in total. The van der Waals surface area contributed by atoms with Gasteiger partial charge in [0.1, 0.15) is 5.75 Å². The van der Waals surface area contributed by atoms with E-state index in [4.69, 9.17) is 4.74 Å². The lowest BCUT2D eigenvalue weighted by molar-refractivity contribution is -0.0278. The predicted molar refractivity (Wildman–Crippen MR) is 108 cm³/mol. The van der Waals surface area contributed by atoms with E-state index in [1.165, 1.54) is 5.56 Å². The van der Waals surface area contributed by atoms with Gasteiger partial charge >= 0.3 is 0 Å². The highest BCUT2D eigenvalue weighted by Gasteiger charge is 2.34. The highest BCUT2D eigenvalue weighted by atomic mass is 79.9. The van der Waals surface area contributed by atoms with Crippen molar-refractivity contribution < 1.29 is 9.84 Å². The predicted octanol–water partition coefficient (Wildman–Crippen LogP) is 5.09. The van der Waals surface area contributed by atoms with Crippen molar-refractivity contribution in [2.45, 2.75) is 31.9 Å². The lowest BCUT2D eigenvalue weighted by Gasteiger charge is -2.38. The second-order valence-corrected chi connectivity index (χ2v) is 8.33. The van der Waals surface area contributed by atoms with Crippen LogP contribution in [0, 0.1) is 0 Å². The fourth-order valence-electron chi connectivity index (χ4n) is 3.34. The maximum atomic E-state index is 11.0. The van der Waals surface area contributed by atoms with Crippen molar-refractivity contribution in [3.8, 4) is 5.75 Å². The van der Waals surface area contributed by atoms with Crippen molar-refractivity contribution in [3.05, 3.63) is 62.5 Å². The molecule has 3 nitrogen and oxygen atoms in total. The second-order valence-electron chi connectivity index (χ2n) is 6.50. The summed E-state index contributed by atoms with van der Waals surface area (Å²) in [6.07, 6.45) is 1.49. The molecular formula is C20H23Br2NO2. The number of benzene rings is 2. The van der Waals surface area contributed by atoms with Crippen LogP contribution in [-0.2, 0) is 12.1 Å². The summed E-state index contributed by atoms with van der Waals surface area (Å²) in [6, 6.07) is 14.2. The normalized spacial score (nSPS) is 17.4. The third-order valence-corrected chi connectivity index (χ3v) is 5.80. The first-order chi connectivity index (χ1) is 12.0. The highest BCUT2D eigenvalue weighted by molar-refractivity contribution is 9.10. The largest absolute Gasteiger partial charge is 0.494 e. The summed E-state index contributed by atoms with van der Waals surface area (Å²) in [7, 11) is 0. The number of rotatable bonds is 5. The van der Waals surface area contributed by atoms with E-state index in [9.17, 15) is 5.11 Å². The first-order valence-corrected chi connectivity index (χ1v) is 10.2. The van der Waals surface area contributed by atoms with Gasteiger partial charge in [0.25, 0.3) is 0 Å². The molecule has 0 amide bonds. The molecule has 0 spiro atoms. The zero-order valence-electron chi connectivity index (χ0n) is 14.3. The summed E-state index contributed by atoms with van der Waals surface area (Å²) in [5.41, 5.74) is 1.47. The van der Waals surface area contributed by atoms with Gasteiger partial charge in [0.2, 0.25) is 0 Å². The van der Waals surface area contributed by atoms with Gasteiger partial charge in [-0.3, -0.25) is 4.90 Å². The van der Waals surface area contributed by atoms with Crippen LogP contribution >= 0.6 is 31.9 Å². The Balaban J connectivity index is 1.67. The van der Waals surface area contributed by atoms with E-state index in [0.717, 1.165) is 52.7 Å². The van der Waals surface area contributed by atoms with E-state index < -0.39 is 5.60 Å². The molecule has 3 rings (SSSR count). The standard InChI is InChI=1S/C20H23Br2NO2/c1-2-25-19-8-7-18(22)13-15(19)14-23-11-9-20(24,10-12-23)16-3-5-17(21)6-4-16/h3-8,13,24H,2,9-12,14H2,1H3. The van der Waals surface area contributed by atoms with Gasteiger partial charge in [-0.2, -0.15) is 0 Å². The minimum Gasteiger partial charge on any atom is -0.494 e. The Bertz CT molecular complexity index is 710. The number of ether oxygens (including phenoxy) is 1. The van der Waals surface area contributed by atoms with Gasteiger partial charge in [0.15, 0.2) is 0 Å². The van der Waals surface area contributed by atoms with Gasteiger partial charge < -0.3 is 9.84 Å². The summed E-state index contributed by atoms with van der Waals surface area (Å²) in [6.45, 7) is 5.24. The molecule has 25 heavy (non-hydrogen) atoms.